The highest BCUT2D eigenvalue weighted by atomic mass is 16.5. The largest absolute Gasteiger partial charge is 0.481 e. The Bertz CT molecular complexity index is 457. The van der Waals surface area contributed by atoms with E-state index in [4.69, 9.17) is 9.47 Å². The summed E-state index contributed by atoms with van der Waals surface area (Å²) in [6.07, 6.45) is 6.12. The summed E-state index contributed by atoms with van der Waals surface area (Å²) in [6, 6.07) is 5.57. The van der Waals surface area contributed by atoms with E-state index in [1.165, 1.54) is 12.8 Å². The normalized spacial score (nSPS) is 26.6. The van der Waals surface area contributed by atoms with E-state index in [9.17, 15) is 5.11 Å². The summed E-state index contributed by atoms with van der Waals surface area (Å²) in [5, 5.41) is 10.6. The highest BCUT2D eigenvalue weighted by Crippen LogP contribution is 2.45. The van der Waals surface area contributed by atoms with Crippen molar-refractivity contribution in [3.05, 3.63) is 23.9 Å². The number of nitrogens with zero attached hydrogens (tertiary/aromatic N) is 1. The van der Waals surface area contributed by atoms with Crippen molar-refractivity contribution >= 4 is 0 Å². The number of hydrogen-bond donors (Lipinski definition) is 1. The van der Waals surface area contributed by atoms with Gasteiger partial charge in [0.1, 0.15) is 0 Å². The molecule has 2 fully saturated rings. The van der Waals surface area contributed by atoms with Crippen LogP contribution in [0.1, 0.15) is 50.3 Å². The van der Waals surface area contributed by atoms with Crippen molar-refractivity contribution in [2.75, 3.05) is 13.7 Å². The SMILES string of the molecule is COc1cccc(C(O)C2CCOC3(CCCC3)C2)n1. The van der Waals surface area contributed by atoms with Gasteiger partial charge in [-0.05, 0) is 37.7 Å². The molecule has 1 aromatic heterocycles. The second-order valence-corrected chi connectivity index (χ2v) is 6.04. The third-order valence-corrected chi connectivity index (χ3v) is 4.75. The van der Waals surface area contributed by atoms with E-state index in [2.05, 4.69) is 4.98 Å². The topological polar surface area (TPSA) is 51.6 Å². The Morgan fingerprint density at radius 1 is 1.40 bits per heavy atom. The van der Waals surface area contributed by atoms with E-state index in [0.29, 0.717) is 11.6 Å². The summed E-state index contributed by atoms with van der Waals surface area (Å²) in [5.74, 6) is 0.797. The van der Waals surface area contributed by atoms with Crippen LogP contribution >= 0.6 is 0 Å². The van der Waals surface area contributed by atoms with Crippen molar-refractivity contribution in [2.45, 2.75) is 50.2 Å². The van der Waals surface area contributed by atoms with Crippen LogP contribution in [0.4, 0.5) is 0 Å². The fourth-order valence-corrected chi connectivity index (χ4v) is 3.65. The Morgan fingerprint density at radius 3 is 2.95 bits per heavy atom. The number of ether oxygens (including phenoxy) is 2. The highest BCUT2D eigenvalue weighted by molar-refractivity contribution is 5.18. The summed E-state index contributed by atoms with van der Waals surface area (Å²) in [4.78, 5) is 4.37. The molecule has 0 radical (unpaired) electrons. The van der Waals surface area contributed by atoms with Gasteiger partial charge in [-0.2, -0.15) is 0 Å². The molecule has 2 heterocycles. The molecule has 1 saturated heterocycles. The first kappa shape index (κ1) is 13.8. The minimum atomic E-state index is -0.522. The molecular weight excluding hydrogens is 254 g/mol. The molecule has 4 nitrogen and oxygen atoms in total. The van der Waals surface area contributed by atoms with Crippen LogP contribution < -0.4 is 4.74 Å². The number of pyridine rings is 1. The number of aliphatic hydroxyl groups is 1. The molecule has 1 N–H and O–H groups in total. The molecule has 4 heteroatoms. The van der Waals surface area contributed by atoms with E-state index in [1.807, 2.05) is 12.1 Å². The summed E-state index contributed by atoms with van der Waals surface area (Å²) in [6.45, 7) is 0.756. The molecule has 110 valence electrons. The quantitative estimate of drug-likeness (QED) is 0.923. The standard InChI is InChI=1S/C16H23NO3/c1-19-14-6-4-5-13(17-14)15(18)12-7-10-20-16(11-12)8-2-3-9-16/h4-6,12,15,18H,2-3,7-11H2,1H3. The maximum Gasteiger partial charge on any atom is 0.213 e. The molecule has 2 aliphatic rings. The van der Waals surface area contributed by atoms with Crippen LogP contribution in [0.25, 0.3) is 0 Å². The molecule has 0 aromatic carbocycles. The second kappa shape index (κ2) is 5.70. The van der Waals surface area contributed by atoms with Gasteiger partial charge in [0.15, 0.2) is 0 Å². The number of aromatic nitrogens is 1. The van der Waals surface area contributed by atoms with E-state index >= 15 is 0 Å². The summed E-state index contributed by atoms with van der Waals surface area (Å²) < 4.78 is 11.2. The fourth-order valence-electron chi connectivity index (χ4n) is 3.65. The molecule has 1 aliphatic carbocycles. The molecule has 0 bridgehead atoms. The lowest BCUT2D eigenvalue weighted by molar-refractivity contribution is -0.113. The Morgan fingerprint density at radius 2 is 2.20 bits per heavy atom. The first-order valence-electron chi connectivity index (χ1n) is 7.55. The Balaban J connectivity index is 1.74. The second-order valence-electron chi connectivity index (χ2n) is 6.04. The molecule has 1 aliphatic heterocycles. The first-order valence-corrected chi connectivity index (χ1v) is 7.55. The van der Waals surface area contributed by atoms with Gasteiger partial charge in [0.25, 0.3) is 0 Å². The van der Waals surface area contributed by atoms with Gasteiger partial charge in [-0.15, -0.1) is 0 Å². The first-order chi connectivity index (χ1) is 9.72. The van der Waals surface area contributed by atoms with E-state index in [0.717, 1.165) is 32.3 Å². The number of hydrogen-bond acceptors (Lipinski definition) is 4. The predicted molar refractivity (Wildman–Crippen MR) is 75.6 cm³/mol. The maximum atomic E-state index is 10.6. The van der Waals surface area contributed by atoms with Crippen molar-refractivity contribution in [3.63, 3.8) is 0 Å². The van der Waals surface area contributed by atoms with Crippen LogP contribution in [0.2, 0.25) is 0 Å². The average molecular weight is 277 g/mol. The lowest BCUT2D eigenvalue weighted by atomic mass is 9.81. The third kappa shape index (κ3) is 2.67. The van der Waals surface area contributed by atoms with Gasteiger partial charge >= 0.3 is 0 Å². The van der Waals surface area contributed by atoms with Crippen molar-refractivity contribution < 1.29 is 14.6 Å². The lowest BCUT2D eigenvalue weighted by Gasteiger charge is -2.39. The Kier molecular flexibility index (Phi) is 3.94. The zero-order chi connectivity index (χ0) is 14.0. The maximum absolute atomic E-state index is 10.6. The van der Waals surface area contributed by atoms with Crippen molar-refractivity contribution in [3.8, 4) is 5.88 Å². The van der Waals surface area contributed by atoms with Gasteiger partial charge in [-0.1, -0.05) is 18.9 Å². The van der Waals surface area contributed by atoms with Crippen LogP contribution in [0.15, 0.2) is 18.2 Å². The molecule has 2 unspecified atom stereocenters. The average Bonchev–Trinajstić information content (AvgIpc) is 2.94. The zero-order valence-electron chi connectivity index (χ0n) is 12.0. The molecule has 0 amide bonds. The number of methoxy groups -OCH3 is 1. The lowest BCUT2D eigenvalue weighted by Crippen LogP contribution is -2.39. The molecule has 1 spiro atoms. The van der Waals surface area contributed by atoms with Gasteiger partial charge < -0.3 is 14.6 Å². The van der Waals surface area contributed by atoms with Crippen LogP contribution in [0.5, 0.6) is 5.88 Å². The smallest absolute Gasteiger partial charge is 0.213 e. The molecular formula is C16H23NO3. The molecule has 2 atom stereocenters. The van der Waals surface area contributed by atoms with Crippen LogP contribution in [0.3, 0.4) is 0 Å². The van der Waals surface area contributed by atoms with Gasteiger partial charge in [0, 0.05) is 12.7 Å². The van der Waals surface area contributed by atoms with Gasteiger partial charge in [0.05, 0.1) is 24.5 Å². The minimum Gasteiger partial charge on any atom is -0.481 e. The summed E-state index contributed by atoms with van der Waals surface area (Å²) in [5.41, 5.74) is 0.743. The summed E-state index contributed by atoms with van der Waals surface area (Å²) >= 11 is 0. The number of rotatable bonds is 3. The fraction of sp³-hybridized carbons (Fsp3) is 0.688. The molecule has 20 heavy (non-hydrogen) atoms. The van der Waals surface area contributed by atoms with Crippen molar-refractivity contribution in [1.29, 1.82) is 0 Å². The van der Waals surface area contributed by atoms with Crippen molar-refractivity contribution in [2.24, 2.45) is 5.92 Å². The molecule has 1 saturated carbocycles. The van der Waals surface area contributed by atoms with E-state index in [-0.39, 0.29) is 11.5 Å². The van der Waals surface area contributed by atoms with Crippen molar-refractivity contribution in [1.82, 2.24) is 4.98 Å². The highest BCUT2D eigenvalue weighted by Gasteiger charge is 2.42. The monoisotopic (exact) mass is 277 g/mol. The van der Waals surface area contributed by atoms with Crippen LogP contribution in [-0.4, -0.2) is 29.4 Å². The predicted octanol–water partition coefficient (Wildman–Crippen LogP) is 2.86. The van der Waals surface area contributed by atoms with E-state index in [1.54, 1.807) is 13.2 Å². The molecule has 3 rings (SSSR count). The third-order valence-electron chi connectivity index (χ3n) is 4.75. The van der Waals surface area contributed by atoms with Crippen LogP contribution in [0, 0.1) is 5.92 Å². The van der Waals surface area contributed by atoms with Crippen LogP contribution in [-0.2, 0) is 4.74 Å². The Labute approximate surface area is 120 Å². The van der Waals surface area contributed by atoms with Gasteiger partial charge in [-0.25, -0.2) is 4.98 Å². The van der Waals surface area contributed by atoms with Gasteiger partial charge in [0.2, 0.25) is 5.88 Å². The van der Waals surface area contributed by atoms with Gasteiger partial charge in [-0.3, -0.25) is 0 Å². The number of aliphatic hydroxyl groups excluding tert-OH is 1. The summed E-state index contributed by atoms with van der Waals surface area (Å²) in [7, 11) is 1.60. The Hall–Kier alpha value is -1.13. The zero-order valence-corrected chi connectivity index (χ0v) is 12.0. The molecule has 1 aromatic rings. The minimum absolute atomic E-state index is 0.0305. The van der Waals surface area contributed by atoms with E-state index < -0.39 is 6.10 Å².